The molecule has 0 aliphatic carbocycles. The summed E-state index contributed by atoms with van der Waals surface area (Å²) in [5, 5.41) is 5.57. The van der Waals surface area contributed by atoms with E-state index in [0.29, 0.717) is 11.5 Å². The Labute approximate surface area is 138 Å². The van der Waals surface area contributed by atoms with Gasteiger partial charge in [0.1, 0.15) is 17.7 Å². The summed E-state index contributed by atoms with van der Waals surface area (Å²) in [7, 11) is 1.83. The summed E-state index contributed by atoms with van der Waals surface area (Å²) < 4.78 is 15.0. The number of nitrogens with one attached hydrogen (secondary N) is 2. The standard InChI is InChI=1S/C17H16FN5O/c1-23-10-9-20-16(23)15(12-4-6-13(18)7-5-12)22-17(24)21-14-3-2-8-19-11-14/h2-11,15H,1H3,(H2,21,22,24). The highest BCUT2D eigenvalue weighted by molar-refractivity contribution is 5.89. The van der Waals surface area contributed by atoms with Crippen LogP contribution in [0.1, 0.15) is 17.4 Å². The zero-order valence-corrected chi connectivity index (χ0v) is 13.0. The molecule has 0 saturated carbocycles. The lowest BCUT2D eigenvalue weighted by atomic mass is 10.1. The number of hydrogen-bond donors (Lipinski definition) is 2. The Kier molecular flexibility index (Phi) is 4.51. The Balaban J connectivity index is 1.84. The minimum Gasteiger partial charge on any atom is -0.336 e. The molecule has 0 bridgehead atoms. The number of benzene rings is 1. The van der Waals surface area contributed by atoms with Crippen molar-refractivity contribution in [1.29, 1.82) is 0 Å². The van der Waals surface area contributed by atoms with Gasteiger partial charge in [-0.15, -0.1) is 0 Å². The molecule has 2 aromatic heterocycles. The zero-order valence-electron chi connectivity index (χ0n) is 13.0. The van der Waals surface area contributed by atoms with E-state index in [4.69, 9.17) is 0 Å². The Bertz CT molecular complexity index is 817. The third-order valence-corrected chi connectivity index (χ3v) is 3.51. The fourth-order valence-corrected chi connectivity index (χ4v) is 2.34. The second kappa shape index (κ2) is 6.91. The van der Waals surface area contributed by atoms with Gasteiger partial charge in [0.2, 0.25) is 0 Å². The molecule has 3 rings (SSSR count). The van der Waals surface area contributed by atoms with Crippen LogP contribution in [0.4, 0.5) is 14.9 Å². The quantitative estimate of drug-likeness (QED) is 0.775. The fourth-order valence-electron chi connectivity index (χ4n) is 2.34. The van der Waals surface area contributed by atoms with E-state index in [0.717, 1.165) is 5.56 Å². The minimum atomic E-state index is -0.512. The molecule has 0 aliphatic rings. The van der Waals surface area contributed by atoms with Crippen LogP contribution in [0, 0.1) is 5.82 Å². The van der Waals surface area contributed by atoms with Gasteiger partial charge in [-0.3, -0.25) is 4.98 Å². The van der Waals surface area contributed by atoms with Crippen molar-refractivity contribution in [2.75, 3.05) is 5.32 Å². The van der Waals surface area contributed by atoms with Gasteiger partial charge in [0.05, 0.1) is 11.9 Å². The first kappa shape index (κ1) is 15.7. The maximum atomic E-state index is 13.2. The van der Waals surface area contributed by atoms with Gasteiger partial charge in [-0.25, -0.2) is 14.2 Å². The number of urea groups is 1. The second-order valence-electron chi connectivity index (χ2n) is 5.22. The van der Waals surface area contributed by atoms with E-state index in [2.05, 4.69) is 20.6 Å². The van der Waals surface area contributed by atoms with Crippen LogP contribution in [0.2, 0.25) is 0 Å². The van der Waals surface area contributed by atoms with Gasteiger partial charge in [0.15, 0.2) is 0 Å². The highest BCUT2D eigenvalue weighted by Crippen LogP contribution is 2.21. The first-order valence-electron chi connectivity index (χ1n) is 7.34. The summed E-state index contributed by atoms with van der Waals surface area (Å²) in [4.78, 5) is 20.5. The molecule has 3 aromatic rings. The number of aromatic nitrogens is 3. The van der Waals surface area contributed by atoms with Crippen molar-refractivity contribution in [2.45, 2.75) is 6.04 Å². The van der Waals surface area contributed by atoms with E-state index in [-0.39, 0.29) is 5.82 Å². The Morgan fingerprint density at radius 2 is 2.00 bits per heavy atom. The van der Waals surface area contributed by atoms with Crippen molar-refractivity contribution in [2.24, 2.45) is 7.05 Å². The Morgan fingerprint density at radius 1 is 1.21 bits per heavy atom. The molecule has 1 atom stereocenters. The highest BCUT2D eigenvalue weighted by atomic mass is 19.1. The molecule has 0 fully saturated rings. The summed E-state index contributed by atoms with van der Waals surface area (Å²) in [6.45, 7) is 0. The highest BCUT2D eigenvalue weighted by Gasteiger charge is 2.20. The van der Waals surface area contributed by atoms with Crippen molar-refractivity contribution in [1.82, 2.24) is 19.9 Å². The molecule has 0 radical (unpaired) electrons. The summed E-state index contributed by atoms with van der Waals surface area (Å²) in [5.41, 5.74) is 1.31. The molecular formula is C17H16FN5O. The van der Waals surface area contributed by atoms with Gasteiger partial charge < -0.3 is 15.2 Å². The van der Waals surface area contributed by atoms with Crippen molar-refractivity contribution in [3.8, 4) is 0 Å². The lowest BCUT2D eigenvalue weighted by molar-refractivity contribution is 0.249. The van der Waals surface area contributed by atoms with E-state index >= 15 is 0 Å². The van der Waals surface area contributed by atoms with Gasteiger partial charge in [-0.05, 0) is 29.8 Å². The maximum Gasteiger partial charge on any atom is 0.320 e. The van der Waals surface area contributed by atoms with Crippen LogP contribution >= 0.6 is 0 Å². The molecule has 1 unspecified atom stereocenters. The van der Waals surface area contributed by atoms with Crippen LogP contribution in [0.3, 0.4) is 0 Å². The largest absolute Gasteiger partial charge is 0.336 e. The minimum absolute atomic E-state index is 0.336. The van der Waals surface area contributed by atoms with Crippen molar-refractivity contribution in [3.05, 3.63) is 78.4 Å². The summed E-state index contributed by atoms with van der Waals surface area (Å²) in [6.07, 6.45) is 6.60. The molecule has 2 heterocycles. The third kappa shape index (κ3) is 3.57. The molecule has 2 amide bonds. The van der Waals surface area contributed by atoms with Crippen molar-refractivity contribution in [3.63, 3.8) is 0 Å². The zero-order chi connectivity index (χ0) is 16.9. The molecule has 0 spiro atoms. The van der Waals surface area contributed by atoms with E-state index in [1.165, 1.54) is 12.1 Å². The number of amides is 2. The summed E-state index contributed by atoms with van der Waals surface area (Å²) in [5.74, 6) is 0.306. The van der Waals surface area contributed by atoms with Gasteiger partial charge in [-0.1, -0.05) is 12.1 Å². The molecule has 7 heteroatoms. The van der Waals surface area contributed by atoms with Crippen molar-refractivity contribution >= 4 is 11.7 Å². The van der Waals surface area contributed by atoms with E-state index < -0.39 is 12.1 Å². The van der Waals surface area contributed by atoms with Crippen LogP contribution < -0.4 is 10.6 Å². The van der Waals surface area contributed by atoms with Gasteiger partial charge in [0, 0.05) is 25.6 Å². The SMILES string of the molecule is Cn1ccnc1C(NC(=O)Nc1cccnc1)c1ccc(F)cc1. The van der Waals surface area contributed by atoms with Crippen LogP contribution in [0.5, 0.6) is 0 Å². The molecule has 2 N–H and O–H groups in total. The van der Waals surface area contributed by atoms with Crippen LogP contribution in [0.15, 0.2) is 61.2 Å². The predicted molar refractivity (Wildman–Crippen MR) is 87.8 cm³/mol. The number of carbonyl (C=O) groups excluding carboxylic acids is 1. The second-order valence-corrected chi connectivity index (χ2v) is 5.22. The number of pyridine rings is 1. The fraction of sp³-hybridized carbons (Fsp3) is 0.118. The van der Waals surface area contributed by atoms with E-state index in [9.17, 15) is 9.18 Å². The van der Waals surface area contributed by atoms with Crippen LogP contribution in [-0.4, -0.2) is 20.6 Å². The average Bonchev–Trinajstić information content (AvgIpc) is 3.00. The molecule has 122 valence electrons. The first-order chi connectivity index (χ1) is 11.6. The molecular weight excluding hydrogens is 309 g/mol. The molecule has 0 saturated heterocycles. The predicted octanol–water partition coefficient (Wildman–Crippen LogP) is 2.87. The Hall–Kier alpha value is -3.22. The molecule has 0 aliphatic heterocycles. The number of rotatable bonds is 4. The topological polar surface area (TPSA) is 71.8 Å². The van der Waals surface area contributed by atoms with E-state index in [1.807, 2.05) is 7.05 Å². The number of imidazole rings is 1. The molecule has 6 nitrogen and oxygen atoms in total. The van der Waals surface area contributed by atoms with Gasteiger partial charge in [-0.2, -0.15) is 0 Å². The normalized spacial score (nSPS) is 11.8. The smallest absolute Gasteiger partial charge is 0.320 e. The number of nitrogens with zero attached hydrogens (tertiary/aromatic N) is 3. The monoisotopic (exact) mass is 325 g/mol. The summed E-state index contributed by atoms with van der Waals surface area (Å²) in [6, 6.07) is 8.50. The first-order valence-corrected chi connectivity index (χ1v) is 7.34. The van der Waals surface area contributed by atoms with Crippen LogP contribution in [0.25, 0.3) is 0 Å². The Morgan fingerprint density at radius 3 is 2.62 bits per heavy atom. The number of aryl methyl sites for hydroxylation is 1. The van der Waals surface area contributed by atoms with E-state index in [1.54, 1.807) is 53.6 Å². The number of carbonyl (C=O) groups is 1. The van der Waals surface area contributed by atoms with Crippen LogP contribution in [-0.2, 0) is 7.05 Å². The summed E-state index contributed by atoms with van der Waals surface area (Å²) >= 11 is 0. The van der Waals surface area contributed by atoms with Gasteiger partial charge >= 0.3 is 6.03 Å². The number of anilines is 1. The maximum absolute atomic E-state index is 13.2. The van der Waals surface area contributed by atoms with Gasteiger partial charge in [0.25, 0.3) is 0 Å². The average molecular weight is 325 g/mol. The molecule has 24 heavy (non-hydrogen) atoms. The lowest BCUT2D eigenvalue weighted by Gasteiger charge is -2.19. The third-order valence-electron chi connectivity index (χ3n) is 3.51. The molecule has 1 aromatic carbocycles. The lowest BCUT2D eigenvalue weighted by Crippen LogP contribution is -2.34. The number of hydrogen-bond acceptors (Lipinski definition) is 3. The van der Waals surface area contributed by atoms with Crippen molar-refractivity contribution < 1.29 is 9.18 Å². The number of halogens is 1.